The predicted octanol–water partition coefficient (Wildman–Crippen LogP) is 1.59. The van der Waals surface area contributed by atoms with Crippen LogP contribution in [0.2, 0.25) is 0 Å². The highest BCUT2D eigenvalue weighted by Gasteiger charge is 2.32. The number of benzene rings is 1. The zero-order valence-electron chi connectivity index (χ0n) is 8.52. The van der Waals surface area contributed by atoms with E-state index in [0.29, 0.717) is 23.2 Å². The van der Waals surface area contributed by atoms with Crippen molar-refractivity contribution in [2.75, 3.05) is 18.9 Å². The fourth-order valence-electron chi connectivity index (χ4n) is 1.69. The Balaban J connectivity index is 2.42. The molecule has 2 rings (SSSR count). The van der Waals surface area contributed by atoms with E-state index < -0.39 is 15.1 Å². The lowest BCUT2D eigenvalue weighted by molar-refractivity contribution is 0.198. The fourth-order valence-corrected chi connectivity index (χ4v) is 4.39. The smallest absolute Gasteiger partial charge is 0.184 e. The van der Waals surface area contributed by atoms with Crippen LogP contribution in [-0.2, 0) is 14.6 Å². The Morgan fingerprint density at radius 3 is 2.75 bits per heavy atom. The minimum absolute atomic E-state index is 0.277. The molecule has 1 unspecified atom stereocenters. The highest BCUT2D eigenvalue weighted by Crippen LogP contribution is 2.29. The summed E-state index contributed by atoms with van der Waals surface area (Å²) < 4.78 is 30.1. The van der Waals surface area contributed by atoms with E-state index in [9.17, 15) is 8.42 Å². The van der Waals surface area contributed by atoms with Crippen molar-refractivity contribution >= 4 is 31.5 Å². The Bertz CT molecular complexity index is 495. The van der Waals surface area contributed by atoms with Gasteiger partial charge in [-0.05, 0) is 40.5 Å². The van der Waals surface area contributed by atoms with Gasteiger partial charge in [-0.15, -0.1) is 0 Å². The Morgan fingerprint density at radius 2 is 2.19 bits per heavy atom. The van der Waals surface area contributed by atoms with Crippen molar-refractivity contribution in [1.29, 1.82) is 0 Å². The molecular weight excluding hydrogens is 294 g/mol. The van der Waals surface area contributed by atoms with Crippen molar-refractivity contribution in [2.24, 2.45) is 0 Å². The first kappa shape index (κ1) is 11.9. The summed E-state index contributed by atoms with van der Waals surface area (Å²) in [4.78, 5) is 0.289. The summed E-state index contributed by atoms with van der Waals surface area (Å²) >= 11 is 3.23. The second-order valence-corrected chi connectivity index (χ2v) is 6.77. The average molecular weight is 306 g/mol. The van der Waals surface area contributed by atoms with Crippen molar-refractivity contribution < 1.29 is 13.2 Å². The first-order valence-electron chi connectivity index (χ1n) is 4.88. The van der Waals surface area contributed by atoms with Crippen LogP contribution in [0.15, 0.2) is 27.6 Å². The van der Waals surface area contributed by atoms with Crippen LogP contribution in [-0.4, -0.2) is 26.9 Å². The van der Waals surface area contributed by atoms with Crippen LogP contribution < -0.4 is 5.73 Å². The standard InChI is InChI=1S/C10H12BrNO3S/c11-9-5-7(12)1-2-10(9)16(13,14)8-3-4-15-6-8/h1-2,5,8H,3-4,6,12H2. The summed E-state index contributed by atoms with van der Waals surface area (Å²) in [5.41, 5.74) is 6.11. The lowest BCUT2D eigenvalue weighted by atomic mass is 10.3. The van der Waals surface area contributed by atoms with Gasteiger partial charge in [0.15, 0.2) is 9.84 Å². The van der Waals surface area contributed by atoms with Gasteiger partial charge in [0, 0.05) is 16.8 Å². The zero-order valence-corrected chi connectivity index (χ0v) is 10.9. The highest BCUT2D eigenvalue weighted by molar-refractivity contribution is 9.10. The third-order valence-corrected chi connectivity index (χ3v) is 5.73. The Morgan fingerprint density at radius 1 is 1.44 bits per heavy atom. The molecule has 1 aliphatic rings. The van der Waals surface area contributed by atoms with E-state index in [2.05, 4.69) is 15.9 Å². The number of hydrogen-bond acceptors (Lipinski definition) is 4. The van der Waals surface area contributed by atoms with Crippen molar-refractivity contribution in [2.45, 2.75) is 16.6 Å². The quantitative estimate of drug-likeness (QED) is 0.843. The van der Waals surface area contributed by atoms with Crippen LogP contribution in [0.5, 0.6) is 0 Å². The van der Waals surface area contributed by atoms with E-state index in [1.165, 1.54) is 6.07 Å². The largest absolute Gasteiger partial charge is 0.399 e. The van der Waals surface area contributed by atoms with Gasteiger partial charge < -0.3 is 10.5 Å². The molecule has 4 nitrogen and oxygen atoms in total. The van der Waals surface area contributed by atoms with Crippen LogP contribution in [0.3, 0.4) is 0 Å². The number of anilines is 1. The molecule has 0 aliphatic carbocycles. The van der Waals surface area contributed by atoms with E-state index in [4.69, 9.17) is 10.5 Å². The molecule has 0 saturated carbocycles. The van der Waals surface area contributed by atoms with Crippen LogP contribution >= 0.6 is 15.9 Å². The number of hydrogen-bond donors (Lipinski definition) is 1. The second kappa shape index (κ2) is 4.35. The lowest BCUT2D eigenvalue weighted by Crippen LogP contribution is -2.21. The molecule has 1 aromatic rings. The first-order valence-corrected chi connectivity index (χ1v) is 7.22. The minimum Gasteiger partial charge on any atom is -0.399 e. The fraction of sp³-hybridized carbons (Fsp3) is 0.400. The van der Waals surface area contributed by atoms with Gasteiger partial charge in [0.1, 0.15) is 0 Å². The maximum absolute atomic E-state index is 12.2. The van der Waals surface area contributed by atoms with Gasteiger partial charge in [-0.1, -0.05) is 0 Å². The molecule has 1 saturated heterocycles. The van der Waals surface area contributed by atoms with E-state index in [1.54, 1.807) is 12.1 Å². The molecule has 0 aromatic heterocycles. The molecular formula is C10H12BrNO3S. The molecule has 1 aromatic carbocycles. The van der Waals surface area contributed by atoms with Gasteiger partial charge in [-0.3, -0.25) is 0 Å². The number of nitrogen functional groups attached to an aromatic ring is 1. The Hall–Kier alpha value is -0.590. The van der Waals surface area contributed by atoms with Gasteiger partial charge in [0.25, 0.3) is 0 Å². The number of ether oxygens (including phenoxy) is 1. The molecule has 1 aliphatic heterocycles. The topological polar surface area (TPSA) is 69.4 Å². The van der Waals surface area contributed by atoms with Crippen molar-refractivity contribution in [3.63, 3.8) is 0 Å². The molecule has 16 heavy (non-hydrogen) atoms. The number of rotatable bonds is 2. The summed E-state index contributed by atoms with van der Waals surface area (Å²) in [6.45, 7) is 0.787. The number of nitrogens with two attached hydrogens (primary N) is 1. The van der Waals surface area contributed by atoms with E-state index in [0.717, 1.165) is 0 Å². The summed E-state index contributed by atoms with van der Waals surface area (Å²) in [5, 5.41) is -0.438. The molecule has 1 atom stereocenters. The molecule has 0 radical (unpaired) electrons. The van der Waals surface area contributed by atoms with E-state index >= 15 is 0 Å². The molecule has 0 amide bonds. The van der Waals surface area contributed by atoms with Crippen LogP contribution in [0.25, 0.3) is 0 Å². The van der Waals surface area contributed by atoms with Crippen LogP contribution in [0.4, 0.5) is 5.69 Å². The highest BCUT2D eigenvalue weighted by atomic mass is 79.9. The molecule has 1 fully saturated rings. The number of sulfone groups is 1. The van der Waals surface area contributed by atoms with Crippen molar-refractivity contribution in [1.82, 2.24) is 0 Å². The summed E-state index contributed by atoms with van der Waals surface area (Å²) in [7, 11) is -3.31. The third kappa shape index (κ3) is 2.09. The van der Waals surface area contributed by atoms with Crippen LogP contribution in [0, 0.1) is 0 Å². The molecule has 88 valence electrons. The minimum atomic E-state index is -3.31. The monoisotopic (exact) mass is 305 g/mol. The Labute approximate surface area is 103 Å². The normalized spacial score (nSPS) is 21.2. The lowest BCUT2D eigenvalue weighted by Gasteiger charge is -2.11. The van der Waals surface area contributed by atoms with Crippen LogP contribution in [0.1, 0.15) is 6.42 Å². The van der Waals surface area contributed by atoms with Gasteiger partial charge in [-0.25, -0.2) is 8.42 Å². The first-order chi connectivity index (χ1) is 7.51. The molecule has 0 spiro atoms. The van der Waals surface area contributed by atoms with Gasteiger partial charge >= 0.3 is 0 Å². The summed E-state index contributed by atoms with van der Waals surface area (Å²) in [5.74, 6) is 0. The SMILES string of the molecule is Nc1ccc(S(=O)(=O)C2CCOC2)c(Br)c1. The molecule has 1 heterocycles. The second-order valence-electron chi connectivity index (χ2n) is 3.72. The molecule has 6 heteroatoms. The summed E-state index contributed by atoms with van der Waals surface area (Å²) in [6, 6.07) is 4.73. The Kier molecular flexibility index (Phi) is 3.23. The van der Waals surface area contributed by atoms with Crippen molar-refractivity contribution in [3.8, 4) is 0 Å². The van der Waals surface area contributed by atoms with E-state index in [1.807, 2.05) is 0 Å². The summed E-state index contributed by atoms with van der Waals surface area (Å²) in [6.07, 6.45) is 0.555. The maximum atomic E-state index is 12.2. The number of halogens is 1. The van der Waals surface area contributed by atoms with E-state index in [-0.39, 0.29) is 11.5 Å². The predicted molar refractivity (Wildman–Crippen MR) is 65.0 cm³/mol. The molecule has 2 N–H and O–H groups in total. The van der Waals surface area contributed by atoms with Gasteiger partial charge in [-0.2, -0.15) is 0 Å². The van der Waals surface area contributed by atoms with Gasteiger partial charge in [0.05, 0.1) is 16.8 Å². The van der Waals surface area contributed by atoms with Crippen molar-refractivity contribution in [3.05, 3.63) is 22.7 Å². The third-order valence-electron chi connectivity index (χ3n) is 2.59. The molecule has 0 bridgehead atoms. The maximum Gasteiger partial charge on any atom is 0.184 e. The average Bonchev–Trinajstić information content (AvgIpc) is 2.69. The van der Waals surface area contributed by atoms with Gasteiger partial charge in [0.2, 0.25) is 0 Å². The zero-order chi connectivity index (χ0) is 11.8.